The summed E-state index contributed by atoms with van der Waals surface area (Å²) < 4.78 is 5.23. The normalized spacial score (nSPS) is 28.2. The van der Waals surface area contributed by atoms with Crippen LogP contribution in [0.2, 0.25) is 0 Å². The van der Waals surface area contributed by atoms with Crippen LogP contribution < -0.4 is 10.1 Å². The lowest BCUT2D eigenvalue weighted by molar-refractivity contribution is 0.385. The number of ether oxygens (including phenoxy) is 1. The lowest BCUT2D eigenvalue weighted by Gasteiger charge is -2.20. The zero-order chi connectivity index (χ0) is 14.7. The average molecular weight is 287 g/mol. The maximum atomic E-state index is 5.23. The summed E-state index contributed by atoms with van der Waals surface area (Å²) in [6.45, 7) is 3.43. The van der Waals surface area contributed by atoms with Gasteiger partial charge >= 0.3 is 0 Å². The van der Waals surface area contributed by atoms with Crippen LogP contribution >= 0.6 is 0 Å². The highest BCUT2D eigenvalue weighted by molar-refractivity contribution is 5.27. The number of fused-ring (bicyclic) bond motifs is 1. The van der Waals surface area contributed by atoms with Crippen LogP contribution in [0.1, 0.15) is 44.6 Å². The second-order valence-corrected chi connectivity index (χ2v) is 6.78. The Balaban J connectivity index is 1.54. The van der Waals surface area contributed by atoms with E-state index in [-0.39, 0.29) is 0 Å². The molecule has 1 aromatic carbocycles. The van der Waals surface area contributed by atoms with Gasteiger partial charge in [-0.05, 0) is 74.1 Å². The van der Waals surface area contributed by atoms with E-state index in [4.69, 9.17) is 4.74 Å². The maximum Gasteiger partial charge on any atom is 0.118 e. The zero-order valence-electron chi connectivity index (χ0n) is 13.5. The van der Waals surface area contributed by atoms with E-state index < -0.39 is 0 Å². The van der Waals surface area contributed by atoms with Crippen LogP contribution in [0.5, 0.6) is 5.75 Å². The summed E-state index contributed by atoms with van der Waals surface area (Å²) in [6.07, 6.45) is 8.15. The van der Waals surface area contributed by atoms with Crippen molar-refractivity contribution in [1.82, 2.24) is 5.32 Å². The van der Waals surface area contributed by atoms with Crippen molar-refractivity contribution < 1.29 is 4.74 Å². The Morgan fingerprint density at radius 2 is 1.90 bits per heavy atom. The summed E-state index contributed by atoms with van der Waals surface area (Å²) in [6, 6.07) is 9.32. The largest absolute Gasteiger partial charge is 0.497 e. The molecule has 0 aliphatic heterocycles. The average Bonchev–Trinajstić information content (AvgIpc) is 2.99. The Morgan fingerprint density at radius 1 is 1.19 bits per heavy atom. The SMILES string of the molecule is CCCNC(CCc1ccc(OC)cc1)C1C2CCCC21. The third-order valence-corrected chi connectivity index (χ3v) is 5.50. The minimum atomic E-state index is 0.738. The predicted molar refractivity (Wildman–Crippen MR) is 87.7 cm³/mol. The molecule has 0 amide bonds. The van der Waals surface area contributed by atoms with Crippen molar-refractivity contribution in [2.75, 3.05) is 13.7 Å². The van der Waals surface area contributed by atoms with Gasteiger partial charge in [-0.3, -0.25) is 0 Å². The number of hydrogen-bond acceptors (Lipinski definition) is 2. The van der Waals surface area contributed by atoms with Crippen LogP contribution in [0, 0.1) is 17.8 Å². The Kier molecular flexibility index (Phi) is 4.84. The van der Waals surface area contributed by atoms with Crippen molar-refractivity contribution in [2.45, 2.75) is 51.5 Å². The first-order valence-corrected chi connectivity index (χ1v) is 8.69. The van der Waals surface area contributed by atoms with Crippen LogP contribution in [0.3, 0.4) is 0 Å². The lowest BCUT2D eigenvalue weighted by atomic mass is 9.97. The van der Waals surface area contributed by atoms with Gasteiger partial charge in [0.05, 0.1) is 7.11 Å². The van der Waals surface area contributed by atoms with Crippen LogP contribution in [0.15, 0.2) is 24.3 Å². The quantitative estimate of drug-likeness (QED) is 0.779. The van der Waals surface area contributed by atoms with Crippen LogP contribution in [-0.4, -0.2) is 19.7 Å². The first-order chi connectivity index (χ1) is 10.3. The lowest BCUT2D eigenvalue weighted by Crippen LogP contribution is -2.33. The molecule has 0 bridgehead atoms. The molecule has 2 fully saturated rings. The Morgan fingerprint density at radius 3 is 2.52 bits per heavy atom. The van der Waals surface area contributed by atoms with Gasteiger partial charge in [0.2, 0.25) is 0 Å². The van der Waals surface area contributed by atoms with Crippen molar-refractivity contribution in [3.05, 3.63) is 29.8 Å². The van der Waals surface area contributed by atoms with Gasteiger partial charge in [0.25, 0.3) is 0 Å². The standard InChI is InChI=1S/C19H29NO/c1-3-13-20-18(19-16-5-4-6-17(16)19)12-9-14-7-10-15(21-2)11-8-14/h7-8,10-11,16-20H,3-6,9,12-13H2,1-2H3. The highest BCUT2D eigenvalue weighted by atomic mass is 16.5. The summed E-state index contributed by atoms with van der Waals surface area (Å²) in [4.78, 5) is 0. The Bertz CT molecular complexity index is 431. The summed E-state index contributed by atoms with van der Waals surface area (Å²) in [5.41, 5.74) is 1.44. The van der Waals surface area contributed by atoms with Crippen molar-refractivity contribution >= 4 is 0 Å². The summed E-state index contributed by atoms with van der Waals surface area (Å²) in [5.74, 6) is 4.03. The minimum Gasteiger partial charge on any atom is -0.497 e. The molecule has 2 aliphatic carbocycles. The molecular formula is C19H29NO. The monoisotopic (exact) mass is 287 g/mol. The zero-order valence-corrected chi connectivity index (χ0v) is 13.5. The van der Waals surface area contributed by atoms with Gasteiger partial charge in [-0.25, -0.2) is 0 Å². The van der Waals surface area contributed by atoms with Crippen LogP contribution in [0.4, 0.5) is 0 Å². The van der Waals surface area contributed by atoms with Crippen molar-refractivity contribution in [1.29, 1.82) is 0 Å². The van der Waals surface area contributed by atoms with Gasteiger partial charge in [-0.2, -0.15) is 0 Å². The van der Waals surface area contributed by atoms with E-state index in [9.17, 15) is 0 Å². The Hall–Kier alpha value is -1.02. The van der Waals surface area contributed by atoms with E-state index in [1.807, 2.05) is 0 Å². The van der Waals surface area contributed by atoms with Crippen molar-refractivity contribution in [2.24, 2.45) is 17.8 Å². The van der Waals surface area contributed by atoms with Crippen molar-refractivity contribution in [3.63, 3.8) is 0 Å². The van der Waals surface area contributed by atoms with E-state index in [2.05, 4.69) is 36.5 Å². The molecule has 1 aromatic rings. The predicted octanol–water partition coefficient (Wildman–Crippen LogP) is 4.04. The number of methoxy groups -OCH3 is 1. The summed E-state index contributed by atoms with van der Waals surface area (Å²) >= 11 is 0. The third-order valence-electron chi connectivity index (χ3n) is 5.50. The summed E-state index contributed by atoms with van der Waals surface area (Å²) in [7, 11) is 1.73. The molecule has 0 saturated heterocycles. The minimum absolute atomic E-state index is 0.738. The molecule has 2 heteroatoms. The van der Waals surface area contributed by atoms with Gasteiger partial charge in [-0.15, -0.1) is 0 Å². The van der Waals surface area contributed by atoms with E-state index in [0.29, 0.717) is 0 Å². The van der Waals surface area contributed by atoms with E-state index in [1.54, 1.807) is 7.11 Å². The van der Waals surface area contributed by atoms with Gasteiger partial charge in [0.1, 0.15) is 5.75 Å². The highest BCUT2D eigenvalue weighted by Crippen LogP contribution is 2.59. The smallest absolute Gasteiger partial charge is 0.118 e. The molecule has 3 atom stereocenters. The second-order valence-electron chi connectivity index (χ2n) is 6.78. The Labute approximate surface area is 129 Å². The number of aryl methyl sites for hydroxylation is 1. The van der Waals surface area contributed by atoms with E-state index in [0.717, 1.165) is 29.5 Å². The number of rotatable bonds is 8. The molecule has 2 aliphatic rings. The van der Waals surface area contributed by atoms with Crippen LogP contribution in [-0.2, 0) is 6.42 Å². The molecule has 0 heterocycles. The van der Waals surface area contributed by atoms with E-state index in [1.165, 1.54) is 50.6 Å². The van der Waals surface area contributed by atoms with Gasteiger partial charge in [0.15, 0.2) is 0 Å². The molecule has 3 rings (SSSR count). The number of benzene rings is 1. The molecule has 2 saturated carbocycles. The van der Waals surface area contributed by atoms with Gasteiger partial charge in [-0.1, -0.05) is 25.5 Å². The molecule has 3 unspecified atom stereocenters. The highest BCUT2D eigenvalue weighted by Gasteiger charge is 2.55. The molecule has 2 nitrogen and oxygen atoms in total. The van der Waals surface area contributed by atoms with Crippen LogP contribution in [0.25, 0.3) is 0 Å². The first kappa shape index (κ1) is 14.9. The fourth-order valence-corrected chi connectivity index (χ4v) is 4.35. The van der Waals surface area contributed by atoms with Gasteiger partial charge in [0, 0.05) is 6.04 Å². The van der Waals surface area contributed by atoms with Crippen molar-refractivity contribution in [3.8, 4) is 5.75 Å². The second kappa shape index (κ2) is 6.83. The fraction of sp³-hybridized carbons (Fsp3) is 0.684. The number of hydrogen-bond donors (Lipinski definition) is 1. The fourth-order valence-electron chi connectivity index (χ4n) is 4.35. The molecular weight excluding hydrogens is 258 g/mol. The topological polar surface area (TPSA) is 21.3 Å². The molecule has 21 heavy (non-hydrogen) atoms. The molecule has 0 spiro atoms. The van der Waals surface area contributed by atoms with E-state index >= 15 is 0 Å². The third kappa shape index (κ3) is 3.42. The summed E-state index contributed by atoms with van der Waals surface area (Å²) in [5, 5.41) is 3.83. The molecule has 0 aromatic heterocycles. The number of nitrogens with one attached hydrogen (secondary N) is 1. The molecule has 1 N–H and O–H groups in total. The van der Waals surface area contributed by atoms with Gasteiger partial charge < -0.3 is 10.1 Å². The molecule has 116 valence electrons. The first-order valence-electron chi connectivity index (χ1n) is 8.69. The molecule has 0 radical (unpaired) electrons. The maximum absolute atomic E-state index is 5.23.